The van der Waals surface area contributed by atoms with Gasteiger partial charge in [-0.1, -0.05) is 17.7 Å². The van der Waals surface area contributed by atoms with Gasteiger partial charge in [0.1, 0.15) is 5.75 Å². The SMILES string of the molecule is Cc1ccc(C(=O)NCc2cc([N+](=O)[O-])cc3c2OCOC3)cc1. The van der Waals surface area contributed by atoms with Crippen LogP contribution < -0.4 is 10.1 Å². The Labute approximate surface area is 138 Å². The van der Waals surface area contributed by atoms with Gasteiger partial charge in [0.25, 0.3) is 11.6 Å². The maximum atomic E-state index is 12.2. The Balaban J connectivity index is 1.81. The summed E-state index contributed by atoms with van der Waals surface area (Å²) in [5.41, 5.74) is 2.71. The minimum absolute atomic E-state index is 0.0533. The van der Waals surface area contributed by atoms with Crippen LogP contribution >= 0.6 is 0 Å². The highest BCUT2D eigenvalue weighted by Crippen LogP contribution is 2.32. The molecule has 1 aliphatic heterocycles. The Morgan fingerprint density at radius 2 is 2.04 bits per heavy atom. The summed E-state index contributed by atoms with van der Waals surface area (Å²) in [6.07, 6.45) is 0. The third-order valence-electron chi connectivity index (χ3n) is 3.74. The quantitative estimate of drug-likeness (QED) is 0.688. The summed E-state index contributed by atoms with van der Waals surface area (Å²) in [5.74, 6) is 0.290. The van der Waals surface area contributed by atoms with Crippen LogP contribution in [0.2, 0.25) is 0 Å². The summed E-state index contributed by atoms with van der Waals surface area (Å²) < 4.78 is 10.6. The lowest BCUT2D eigenvalue weighted by molar-refractivity contribution is -0.385. The Morgan fingerprint density at radius 3 is 2.75 bits per heavy atom. The van der Waals surface area contributed by atoms with Crippen molar-refractivity contribution in [2.45, 2.75) is 20.1 Å². The highest BCUT2D eigenvalue weighted by Gasteiger charge is 2.21. The molecule has 0 aromatic heterocycles. The molecule has 124 valence electrons. The fraction of sp³-hybridized carbons (Fsp3) is 0.235. The highest BCUT2D eigenvalue weighted by molar-refractivity contribution is 5.94. The number of nitro benzene ring substituents is 1. The number of nitrogens with zero attached hydrogens (tertiary/aromatic N) is 1. The molecule has 24 heavy (non-hydrogen) atoms. The van der Waals surface area contributed by atoms with Crippen molar-refractivity contribution in [3.8, 4) is 5.75 Å². The van der Waals surface area contributed by atoms with Crippen molar-refractivity contribution < 1.29 is 19.2 Å². The third kappa shape index (κ3) is 3.36. The lowest BCUT2D eigenvalue weighted by Gasteiger charge is -2.20. The topological polar surface area (TPSA) is 90.7 Å². The summed E-state index contributed by atoms with van der Waals surface area (Å²) in [6, 6.07) is 10.0. The summed E-state index contributed by atoms with van der Waals surface area (Å²) in [4.78, 5) is 22.8. The molecule has 0 spiro atoms. The van der Waals surface area contributed by atoms with E-state index in [-0.39, 0.29) is 31.5 Å². The molecule has 0 unspecified atom stereocenters. The van der Waals surface area contributed by atoms with Crippen molar-refractivity contribution in [1.29, 1.82) is 0 Å². The standard InChI is InChI=1S/C17H16N2O5/c1-11-2-4-12(5-3-11)17(20)18-8-13-6-15(19(21)22)7-14-9-23-10-24-16(13)14/h2-7H,8-10H2,1H3,(H,18,20). The molecule has 7 nitrogen and oxygen atoms in total. The first kappa shape index (κ1) is 15.9. The van der Waals surface area contributed by atoms with Crippen molar-refractivity contribution in [2.24, 2.45) is 0 Å². The van der Waals surface area contributed by atoms with Crippen LogP contribution in [0.4, 0.5) is 5.69 Å². The van der Waals surface area contributed by atoms with Crippen molar-refractivity contribution in [3.05, 3.63) is 68.8 Å². The molecule has 0 atom stereocenters. The number of rotatable bonds is 4. The average Bonchev–Trinajstić information content (AvgIpc) is 2.59. The van der Waals surface area contributed by atoms with E-state index in [0.29, 0.717) is 22.4 Å². The Hall–Kier alpha value is -2.93. The number of carbonyl (C=O) groups excluding carboxylic acids is 1. The first-order valence-electron chi connectivity index (χ1n) is 7.40. The second-order valence-corrected chi connectivity index (χ2v) is 5.51. The molecule has 2 aromatic carbocycles. The van der Waals surface area contributed by atoms with Crippen molar-refractivity contribution in [3.63, 3.8) is 0 Å². The molecular formula is C17H16N2O5. The minimum Gasteiger partial charge on any atom is -0.467 e. The second-order valence-electron chi connectivity index (χ2n) is 5.51. The lowest BCUT2D eigenvalue weighted by atomic mass is 10.1. The molecule has 1 aliphatic rings. The summed E-state index contributed by atoms with van der Waals surface area (Å²) in [6.45, 7) is 2.41. The fourth-order valence-electron chi connectivity index (χ4n) is 2.50. The van der Waals surface area contributed by atoms with Gasteiger partial charge in [-0.2, -0.15) is 0 Å². The van der Waals surface area contributed by atoms with E-state index in [1.807, 2.05) is 19.1 Å². The third-order valence-corrected chi connectivity index (χ3v) is 3.74. The average molecular weight is 328 g/mol. The van der Waals surface area contributed by atoms with Gasteiger partial charge in [-0.25, -0.2) is 0 Å². The Kier molecular flexibility index (Phi) is 4.43. The van der Waals surface area contributed by atoms with E-state index >= 15 is 0 Å². The molecule has 0 radical (unpaired) electrons. The van der Waals surface area contributed by atoms with Gasteiger partial charge in [-0.15, -0.1) is 0 Å². The number of hydrogen-bond acceptors (Lipinski definition) is 5. The van der Waals surface area contributed by atoms with Crippen LogP contribution in [0.3, 0.4) is 0 Å². The molecular weight excluding hydrogens is 312 g/mol. The number of hydrogen-bond donors (Lipinski definition) is 1. The van der Waals surface area contributed by atoms with E-state index in [2.05, 4.69) is 5.32 Å². The highest BCUT2D eigenvalue weighted by atomic mass is 16.7. The molecule has 7 heteroatoms. The smallest absolute Gasteiger partial charge is 0.270 e. The van der Waals surface area contributed by atoms with Gasteiger partial charge < -0.3 is 14.8 Å². The number of nitro groups is 1. The van der Waals surface area contributed by atoms with E-state index in [0.717, 1.165) is 5.56 Å². The van der Waals surface area contributed by atoms with Crippen molar-refractivity contribution in [2.75, 3.05) is 6.79 Å². The van der Waals surface area contributed by atoms with E-state index in [1.54, 1.807) is 12.1 Å². The van der Waals surface area contributed by atoms with Crippen LogP contribution in [0.5, 0.6) is 5.75 Å². The summed E-state index contributed by atoms with van der Waals surface area (Å²) in [5, 5.41) is 13.8. The minimum atomic E-state index is -0.472. The van der Waals surface area contributed by atoms with Crippen LogP contribution in [0.15, 0.2) is 36.4 Å². The van der Waals surface area contributed by atoms with E-state index in [1.165, 1.54) is 12.1 Å². The molecule has 1 heterocycles. The Morgan fingerprint density at radius 1 is 1.29 bits per heavy atom. The molecule has 0 bridgehead atoms. The molecule has 0 fully saturated rings. The van der Waals surface area contributed by atoms with Gasteiger partial charge in [0.2, 0.25) is 0 Å². The zero-order valence-corrected chi connectivity index (χ0v) is 13.1. The van der Waals surface area contributed by atoms with E-state index in [9.17, 15) is 14.9 Å². The second kappa shape index (κ2) is 6.67. The number of aryl methyl sites for hydroxylation is 1. The number of nitrogens with one attached hydrogen (secondary N) is 1. The molecule has 2 aromatic rings. The monoisotopic (exact) mass is 328 g/mol. The Bertz CT molecular complexity index is 786. The van der Waals surface area contributed by atoms with Gasteiger partial charge in [-0.3, -0.25) is 14.9 Å². The molecule has 1 amide bonds. The summed E-state index contributed by atoms with van der Waals surface area (Å²) in [7, 11) is 0. The summed E-state index contributed by atoms with van der Waals surface area (Å²) >= 11 is 0. The zero-order chi connectivity index (χ0) is 17.1. The van der Waals surface area contributed by atoms with Gasteiger partial charge in [0.05, 0.1) is 11.5 Å². The molecule has 1 N–H and O–H groups in total. The van der Waals surface area contributed by atoms with Gasteiger partial charge in [0.15, 0.2) is 6.79 Å². The molecule has 3 rings (SSSR count). The number of ether oxygens (including phenoxy) is 2. The first-order valence-corrected chi connectivity index (χ1v) is 7.40. The first-order chi connectivity index (χ1) is 11.5. The number of carbonyl (C=O) groups is 1. The molecule has 0 aliphatic carbocycles. The van der Waals surface area contributed by atoms with E-state index < -0.39 is 4.92 Å². The number of fused-ring (bicyclic) bond motifs is 1. The normalized spacial score (nSPS) is 12.9. The van der Waals surface area contributed by atoms with Gasteiger partial charge in [-0.05, 0) is 19.1 Å². The van der Waals surface area contributed by atoms with Crippen molar-refractivity contribution in [1.82, 2.24) is 5.32 Å². The zero-order valence-electron chi connectivity index (χ0n) is 13.1. The van der Waals surface area contributed by atoms with Crippen LogP contribution in [0.25, 0.3) is 0 Å². The molecule has 0 saturated heterocycles. The number of amides is 1. The predicted molar refractivity (Wildman–Crippen MR) is 85.7 cm³/mol. The maximum absolute atomic E-state index is 12.2. The largest absolute Gasteiger partial charge is 0.467 e. The van der Waals surface area contributed by atoms with Crippen LogP contribution in [0.1, 0.15) is 27.0 Å². The van der Waals surface area contributed by atoms with Crippen LogP contribution in [-0.2, 0) is 17.9 Å². The van der Waals surface area contributed by atoms with E-state index in [4.69, 9.17) is 9.47 Å². The number of benzene rings is 2. The van der Waals surface area contributed by atoms with Crippen LogP contribution in [-0.4, -0.2) is 17.6 Å². The van der Waals surface area contributed by atoms with Crippen LogP contribution in [0, 0.1) is 17.0 Å². The van der Waals surface area contributed by atoms with Gasteiger partial charge in [0, 0.05) is 35.4 Å². The predicted octanol–water partition coefficient (Wildman–Crippen LogP) is 2.70. The fourth-order valence-corrected chi connectivity index (χ4v) is 2.50. The number of non-ortho nitro benzene ring substituents is 1. The van der Waals surface area contributed by atoms with Gasteiger partial charge >= 0.3 is 0 Å². The lowest BCUT2D eigenvalue weighted by Crippen LogP contribution is -2.24. The maximum Gasteiger partial charge on any atom is 0.270 e. The van der Waals surface area contributed by atoms with Crippen molar-refractivity contribution >= 4 is 11.6 Å². The molecule has 0 saturated carbocycles.